The molecule has 5 nitrogen and oxygen atoms in total. The lowest BCUT2D eigenvalue weighted by Crippen LogP contribution is -2.12. The van der Waals surface area contributed by atoms with Gasteiger partial charge in [-0.2, -0.15) is 5.10 Å². The summed E-state index contributed by atoms with van der Waals surface area (Å²) in [5.74, 6) is 0.563. The number of hydrogen-bond donors (Lipinski definition) is 2. The van der Waals surface area contributed by atoms with Gasteiger partial charge in [-0.15, -0.1) is 0 Å². The maximum Gasteiger partial charge on any atom is 0.225 e. The molecule has 0 bridgehead atoms. The number of pyridine rings is 1. The van der Waals surface area contributed by atoms with Gasteiger partial charge in [0.2, 0.25) is 5.91 Å². The van der Waals surface area contributed by atoms with Crippen LogP contribution in [0.3, 0.4) is 0 Å². The van der Waals surface area contributed by atoms with Gasteiger partial charge in [0.05, 0.1) is 0 Å². The zero-order valence-corrected chi connectivity index (χ0v) is 10.3. The average Bonchev–Trinajstić information content (AvgIpc) is 2.85. The van der Waals surface area contributed by atoms with E-state index < -0.39 is 0 Å². The minimum absolute atomic E-state index is 0.0269. The van der Waals surface area contributed by atoms with Crippen molar-refractivity contribution in [3.05, 3.63) is 41.9 Å². The number of anilines is 1. The molecule has 2 N–H and O–H groups in total. The third-order valence-corrected chi connectivity index (χ3v) is 2.67. The minimum Gasteiger partial charge on any atom is -0.309 e. The molecule has 0 aromatic carbocycles. The van der Waals surface area contributed by atoms with E-state index in [0.717, 1.165) is 17.7 Å². The van der Waals surface area contributed by atoms with Crippen molar-refractivity contribution in [1.29, 1.82) is 0 Å². The number of rotatable bonds is 5. The summed E-state index contributed by atoms with van der Waals surface area (Å²) in [6, 6.07) is 5.68. The molecule has 2 heterocycles. The molecule has 2 aromatic heterocycles. The average molecular weight is 244 g/mol. The van der Waals surface area contributed by atoms with E-state index in [1.54, 1.807) is 12.4 Å². The predicted octanol–water partition coefficient (Wildman–Crippen LogP) is 1.94. The molecular weight excluding hydrogens is 228 g/mol. The van der Waals surface area contributed by atoms with Crippen LogP contribution in [0.4, 0.5) is 5.82 Å². The van der Waals surface area contributed by atoms with E-state index in [4.69, 9.17) is 0 Å². The van der Waals surface area contributed by atoms with Crippen LogP contribution in [0.25, 0.3) is 0 Å². The number of H-pyrrole nitrogens is 1. The van der Waals surface area contributed by atoms with Gasteiger partial charge in [0.15, 0.2) is 5.82 Å². The number of hydrogen-bond acceptors (Lipinski definition) is 3. The zero-order chi connectivity index (χ0) is 12.8. The molecular formula is C13H16N4O. The van der Waals surface area contributed by atoms with Gasteiger partial charge in [-0.25, -0.2) is 0 Å². The van der Waals surface area contributed by atoms with Crippen molar-refractivity contribution in [3.63, 3.8) is 0 Å². The topological polar surface area (TPSA) is 70.7 Å². The van der Waals surface area contributed by atoms with Crippen LogP contribution in [0.1, 0.15) is 24.6 Å². The number of carbonyl (C=O) groups excluding carboxylic acids is 1. The Morgan fingerprint density at radius 3 is 2.83 bits per heavy atom. The van der Waals surface area contributed by atoms with Crippen LogP contribution in [0.5, 0.6) is 0 Å². The van der Waals surface area contributed by atoms with E-state index in [2.05, 4.69) is 20.5 Å². The summed E-state index contributed by atoms with van der Waals surface area (Å²) in [5, 5.41) is 9.65. The Morgan fingerprint density at radius 2 is 2.17 bits per heavy atom. The highest BCUT2D eigenvalue weighted by molar-refractivity contribution is 5.89. The summed E-state index contributed by atoms with van der Waals surface area (Å²) < 4.78 is 0. The Hall–Kier alpha value is -2.17. The van der Waals surface area contributed by atoms with Crippen molar-refractivity contribution in [2.75, 3.05) is 5.32 Å². The monoisotopic (exact) mass is 244 g/mol. The molecule has 0 aliphatic heterocycles. The number of aryl methyl sites for hydroxylation is 2. The quantitative estimate of drug-likeness (QED) is 0.844. The van der Waals surface area contributed by atoms with Gasteiger partial charge in [0, 0.05) is 30.6 Å². The lowest BCUT2D eigenvalue weighted by atomic mass is 10.1. The summed E-state index contributed by atoms with van der Waals surface area (Å²) in [6.45, 7) is 2.03. The molecule has 0 atom stereocenters. The maximum atomic E-state index is 11.7. The first-order valence-corrected chi connectivity index (χ1v) is 6.01. The standard InChI is InChI=1S/C13H16N4O/c1-2-11-9-12(17-16-11)15-13(18)4-3-10-5-7-14-8-6-10/h5-9H,2-4H2,1H3,(H2,15,16,17,18). The third kappa shape index (κ3) is 3.41. The van der Waals surface area contributed by atoms with E-state index in [-0.39, 0.29) is 5.91 Å². The Kier molecular flexibility index (Phi) is 4.06. The van der Waals surface area contributed by atoms with Crippen molar-refractivity contribution in [1.82, 2.24) is 15.2 Å². The first-order chi connectivity index (χ1) is 8.78. The van der Waals surface area contributed by atoms with E-state index in [1.165, 1.54) is 0 Å². The fourth-order valence-corrected chi connectivity index (χ4v) is 1.62. The molecule has 0 fully saturated rings. The minimum atomic E-state index is -0.0269. The summed E-state index contributed by atoms with van der Waals surface area (Å²) in [7, 11) is 0. The van der Waals surface area contributed by atoms with Crippen molar-refractivity contribution in [2.24, 2.45) is 0 Å². The highest BCUT2D eigenvalue weighted by Gasteiger charge is 2.05. The molecule has 0 saturated heterocycles. The number of amides is 1. The molecule has 1 amide bonds. The Labute approximate surface area is 106 Å². The van der Waals surface area contributed by atoms with Gasteiger partial charge in [-0.3, -0.25) is 14.9 Å². The molecule has 18 heavy (non-hydrogen) atoms. The SMILES string of the molecule is CCc1cc(NC(=O)CCc2ccncc2)n[nH]1. The van der Waals surface area contributed by atoms with E-state index in [1.807, 2.05) is 25.1 Å². The van der Waals surface area contributed by atoms with E-state index in [0.29, 0.717) is 18.7 Å². The summed E-state index contributed by atoms with van der Waals surface area (Å²) >= 11 is 0. The van der Waals surface area contributed by atoms with Gasteiger partial charge >= 0.3 is 0 Å². The molecule has 2 aromatic rings. The van der Waals surface area contributed by atoms with Gasteiger partial charge in [0.25, 0.3) is 0 Å². The molecule has 94 valence electrons. The second-order valence-corrected chi connectivity index (χ2v) is 4.04. The predicted molar refractivity (Wildman–Crippen MR) is 69.2 cm³/mol. The second-order valence-electron chi connectivity index (χ2n) is 4.04. The normalized spacial score (nSPS) is 10.3. The fraction of sp³-hybridized carbons (Fsp3) is 0.308. The highest BCUT2D eigenvalue weighted by atomic mass is 16.1. The number of aromatic nitrogens is 3. The number of nitrogens with one attached hydrogen (secondary N) is 2. The van der Waals surface area contributed by atoms with Gasteiger partial charge in [-0.05, 0) is 30.5 Å². The van der Waals surface area contributed by atoms with E-state index >= 15 is 0 Å². The lowest BCUT2D eigenvalue weighted by Gasteiger charge is -2.01. The summed E-state index contributed by atoms with van der Waals surface area (Å²) in [6.07, 6.45) is 5.49. The molecule has 0 spiro atoms. The molecule has 0 aliphatic rings. The summed E-state index contributed by atoms with van der Waals surface area (Å²) in [4.78, 5) is 15.6. The van der Waals surface area contributed by atoms with Crippen LogP contribution in [-0.4, -0.2) is 21.1 Å². The molecule has 0 unspecified atom stereocenters. The first-order valence-electron chi connectivity index (χ1n) is 6.01. The Bertz CT molecular complexity index is 507. The summed E-state index contributed by atoms with van der Waals surface area (Å²) in [5.41, 5.74) is 2.12. The van der Waals surface area contributed by atoms with Crippen molar-refractivity contribution < 1.29 is 4.79 Å². The van der Waals surface area contributed by atoms with Crippen molar-refractivity contribution in [2.45, 2.75) is 26.2 Å². The number of carbonyl (C=O) groups is 1. The van der Waals surface area contributed by atoms with Gasteiger partial charge in [0.1, 0.15) is 0 Å². The van der Waals surface area contributed by atoms with Crippen molar-refractivity contribution in [3.8, 4) is 0 Å². The van der Waals surface area contributed by atoms with E-state index in [9.17, 15) is 4.79 Å². The lowest BCUT2D eigenvalue weighted by molar-refractivity contribution is -0.116. The van der Waals surface area contributed by atoms with Gasteiger partial charge in [-0.1, -0.05) is 6.92 Å². The fourth-order valence-electron chi connectivity index (χ4n) is 1.62. The number of aromatic amines is 1. The zero-order valence-electron chi connectivity index (χ0n) is 10.3. The van der Waals surface area contributed by atoms with Crippen LogP contribution < -0.4 is 5.32 Å². The highest BCUT2D eigenvalue weighted by Crippen LogP contribution is 2.07. The molecule has 0 aliphatic carbocycles. The first kappa shape index (κ1) is 12.3. The largest absolute Gasteiger partial charge is 0.309 e. The van der Waals surface area contributed by atoms with Crippen LogP contribution in [0.2, 0.25) is 0 Å². The smallest absolute Gasteiger partial charge is 0.225 e. The maximum absolute atomic E-state index is 11.7. The van der Waals surface area contributed by atoms with Crippen molar-refractivity contribution >= 4 is 11.7 Å². The third-order valence-electron chi connectivity index (χ3n) is 2.67. The Balaban J connectivity index is 1.82. The Morgan fingerprint density at radius 1 is 1.39 bits per heavy atom. The van der Waals surface area contributed by atoms with Crippen LogP contribution in [0, 0.1) is 0 Å². The molecule has 2 rings (SSSR count). The molecule has 0 saturated carbocycles. The van der Waals surface area contributed by atoms with Crippen LogP contribution in [-0.2, 0) is 17.6 Å². The molecule has 0 radical (unpaired) electrons. The molecule has 5 heteroatoms. The van der Waals surface area contributed by atoms with Gasteiger partial charge < -0.3 is 5.32 Å². The second kappa shape index (κ2) is 5.95. The van der Waals surface area contributed by atoms with Crippen LogP contribution in [0.15, 0.2) is 30.6 Å². The van der Waals surface area contributed by atoms with Crippen LogP contribution >= 0.6 is 0 Å². The number of nitrogens with zero attached hydrogens (tertiary/aromatic N) is 2.